The van der Waals surface area contributed by atoms with Gasteiger partial charge in [-0.3, -0.25) is 11.3 Å². The van der Waals surface area contributed by atoms with Crippen LogP contribution in [0.3, 0.4) is 0 Å². The molecule has 0 saturated heterocycles. The molecule has 0 heterocycles. The van der Waals surface area contributed by atoms with Crippen LogP contribution >= 0.6 is 0 Å². The first-order valence-electron chi connectivity index (χ1n) is 5.87. The third-order valence-electron chi connectivity index (χ3n) is 2.72. The van der Waals surface area contributed by atoms with Crippen LogP contribution in [0.4, 0.5) is 17.6 Å². The van der Waals surface area contributed by atoms with Gasteiger partial charge in [0, 0.05) is 6.04 Å². The minimum atomic E-state index is -4.68. The zero-order chi connectivity index (χ0) is 14.8. The summed E-state index contributed by atoms with van der Waals surface area (Å²) in [6.07, 6.45) is -4.10. The van der Waals surface area contributed by atoms with Gasteiger partial charge >= 0.3 is 6.18 Å². The second kappa shape index (κ2) is 5.46. The quantitative estimate of drug-likeness (QED) is 0.501. The Morgan fingerprint density at radius 3 is 2.16 bits per heavy atom. The van der Waals surface area contributed by atoms with E-state index in [9.17, 15) is 17.6 Å². The summed E-state index contributed by atoms with van der Waals surface area (Å²) in [6.45, 7) is 5.91. The highest BCUT2D eigenvalue weighted by Gasteiger charge is 2.34. The first-order valence-corrected chi connectivity index (χ1v) is 5.87. The lowest BCUT2D eigenvalue weighted by Crippen LogP contribution is -2.31. The topological polar surface area (TPSA) is 38.0 Å². The van der Waals surface area contributed by atoms with Gasteiger partial charge in [-0.15, -0.1) is 0 Å². The summed E-state index contributed by atoms with van der Waals surface area (Å²) < 4.78 is 50.8. The van der Waals surface area contributed by atoms with Crippen LogP contribution in [0.15, 0.2) is 18.2 Å². The van der Waals surface area contributed by atoms with Gasteiger partial charge in [-0.2, -0.15) is 13.2 Å². The molecular weight excluding hydrogens is 260 g/mol. The number of hydrogen-bond donors (Lipinski definition) is 2. The Labute approximate surface area is 110 Å². The molecular formula is C13H18F4N2. The molecule has 0 aliphatic carbocycles. The highest BCUT2D eigenvalue weighted by molar-refractivity contribution is 5.28. The van der Waals surface area contributed by atoms with Gasteiger partial charge < -0.3 is 0 Å². The van der Waals surface area contributed by atoms with E-state index in [1.807, 2.05) is 20.8 Å². The minimum Gasteiger partial charge on any atom is -0.271 e. The summed E-state index contributed by atoms with van der Waals surface area (Å²) >= 11 is 0. The van der Waals surface area contributed by atoms with E-state index in [4.69, 9.17) is 5.84 Å². The van der Waals surface area contributed by atoms with Crippen LogP contribution in [0.1, 0.15) is 44.4 Å². The fourth-order valence-electron chi connectivity index (χ4n) is 1.86. The third kappa shape index (κ3) is 4.47. The molecule has 0 bridgehead atoms. The van der Waals surface area contributed by atoms with Crippen molar-refractivity contribution in [1.82, 2.24) is 5.43 Å². The predicted octanol–water partition coefficient (Wildman–Crippen LogP) is 3.79. The molecule has 6 heteroatoms. The second-order valence-corrected chi connectivity index (χ2v) is 5.72. The average Bonchev–Trinajstić information content (AvgIpc) is 2.22. The molecule has 0 aromatic heterocycles. The van der Waals surface area contributed by atoms with E-state index >= 15 is 0 Å². The Bertz CT molecular complexity index is 435. The maximum atomic E-state index is 13.5. The van der Waals surface area contributed by atoms with Gasteiger partial charge in [0.2, 0.25) is 0 Å². The molecule has 0 aliphatic heterocycles. The van der Waals surface area contributed by atoms with Crippen molar-refractivity contribution in [3.63, 3.8) is 0 Å². The molecule has 1 unspecified atom stereocenters. The fraction of sp³-hybridized carbons (Fsp3) is 0.538. The van der Waals surface area contributed by atoms with Crippen molar-refractivity contribution in [3.8, 4) is 0 Å². The average molecular weight is 278 g/mol. The second-order valence-electron chi connectivity index (χ2n) is 5.72. The predicted molar refractivity (Wildman–Crippen MR) is 65.5 cm³/mol. The molecule has 0 amide bonds. The first-order chi connectivity index (χ1) is 8.54. The van der Waals surface area contributed by atoms with Crippen molar-refractivity contribution in [3.05, 3.63) is 35.1 Å². The number of hydrogen-bond acceptors (Lipinski definition) is 2. The van der Waals surface area contributed by atoms with E-state index in [-0.39, 0.29) is 5.41 Å². The molecule has 0 fully saturated rings. The van der Waals surface area contributed by atoms with Crippen LogP contribution in [-0.2, 0) is 6.18 Å². The highest BCUT2D eigenvalue weighted by atomic mass is 19.4. The Morgan fingerprint density at radius 2 is 1.79 bits per heavy atom. The van der Waals surface area contributed by atoms with Crippen LogP contribution in [-0.4, -0.2) is 0 Å². The van der Waals surface area contributed by atoms with E-state index in [0.717, 1.165) is 12.1 Å². The lowest BCUT2D eigenvalue weighted by molar-refractivity contribution is -0.140. The smallest absolute Gasteiger partial charge is 0.271 e. The normalized spacial score (nSPS) is 14.5. The standard InChI is InChI=1S/C13H18F4N2/c1-12(2,3)7-11(19-18)8-4-5-9(10(14)6-8)13(15,16)17/h4-6,11,19H,7,18H2,1-3H3. The Kier molecular flexibility index (Phi) is 4.58. The number of halogens is 4. The molecule has 2 nitrogen and oxygen atoms in total. The molecule has 3 N–H and O–H groups in total. The largest absolute Gasteiger partial charge is 0.419 e. The van der Waals surface area contributed by atoms with E-state index in [1.54, 1.807) is 0 Å². The summed E-state index contributed by atoms with van der Waals surface area (Å²) in [6, 6.07) is 2.50. The number of nitrogens with two attached hydrogens (primary N) is 1. The van der Waals surface area contributed by atoms with Crippen LogP contribution < -0.4 is 11.3 Å². The molecule has 0 spiro atoms. The SMILES string of the molecule is CC(C)(C)CC(NN)c1ccc(C(F)(F)F)c(F)c1. The van der Waals surface area contributed by atoms with Gasteiger partial charge in [0.15, 0.2) is 0 Å². The molecule has 1 aromatic carbocycles. The number of alkyl halides is 3. The van der Waals surface area contributed by atoms with Crippen LogP contribution in [0.5, 0.6) is 0 Å². The Hall–Kier alpha value is -1.14. The van der Waals surface area contributed by atoms with Crippen molar-refractivity contribution in [1.29, 1.82) is 0 Å². The number of hydrazine groups is 1. The summed E-state index contributed by atoms with van der Waals surface area (Å²) in [5.41, 5.74) is 1.57. The monoisotopic (exact) mass is 278 g/mol. The molecule has 0 saturated carbocycles. The maximum absolute atomic E-state index is 13.5. The maximum Gasteiger partial charge on any atom is 0.419 e. The van der Waals surface area contributed by atoms with Crippen molar-refractivity contribution in [2.45, 2.75) is 39.4 Å². The van der Waals surface area contributed by atoms with Crippen molar-refractivity contribution in [2.75, 3.05) is 0 Å². The Balaban J connectivity index is 3.05. The summed E-state index contributed by atoms with van der Waals surface area (Å²) in [7, 11) is 0. The van der Waals surface area contributed by atoms with Crippen molar-refractivity contribution >= 4 is 0 Å². The summed E-state index contributed by atoms with van der Waals surface area (Å²) in [5, 5.41) is 0. The zero-order valence-electron chi connectivity index (χ0n) is 11.1. The van der Waals surface area contributed by atoms with Gasteiger partial charge in [0.05, 0.1) is 5.56 Å². The molecule has 1 rings (SSSR count). The number of nitrogens with one attached hydrogen (secondary N) is 1. The van der Waals surface area contributed by atoms with E-state index < -0.39 is 23.6 Å². The van der Waals surface area contributed by atoms with Gasteiger partial charge in [-0.25, -0.2) is 4.39 Å². The van der Waals surface area contributed by atoms with Crippen LogP contribution in [0.25, 0.3) is 0 Å². The van der Waals surface area contributed by atoms with Gasteiger partial charge in [0.1, 0.15) is 5.82 Å². The molecule has 1 atom stereocenters. The molecule has 1 aromatic rings. The van der Waals surface area contributed by atoms with E-state index in [2.05, 4.69) is 5.43 Å². The van der Waals surface area contributed by atoms with Crippen LogP contribution in [0, 0.1) is 11.2 Å². The van der Waals surface area contributed by atoms with Gasteiger partial charge in [-0.1, -0.05) is 26.8 Å². The van der Waals surface area contributed by atoms with Crippen LogP contribution in [0.2, 0.25) is 0 Å². The molecule has 19 heavy (non-hydrogen) atoms. The lowest BCUT2D eigenvalue weighted by Gasteiger charge is -2.26. The molecule has 108 valence electrons. The summed E-state index contributed by atoms with van der Waals surface area (Å²) in [4.78, 5) is 0. The van der Waals surface area contributed by atoms with E-state index in [0.29, 0.717) is 12.0 Å². The fourth-order valence-corrected chi connectivity index (χ4v) is 1.86. The first kappa shape index (κ1) is 15.9. The lowest BCUT2D eigenvalue weighted by atomic mass is 9.85. The molecule has 0 aliphatic rings. The van der Waals surface area contributed by atoms with Crippen molar-refractivity contribution in [2.24, 2.45) is 11.3 Å². The summed E-state index contributed by atoms with van der Waals surface area (Å²) in [5.74, 6) is 4.11. The molecule has 0 radical (unpaired) electrons. The minimum absolute atomic E-state index is 0.0871. The zero-order valence-corrected chi connectivity index (χ0v) is 11.1. The third-order valence-corrected chi connectivity index (χ3v) is 2.72. The number of rotatable bonds is 3. The van der Waals surface area contributed by atoms with E-state index in [1.165, 1.54) is 6.07 Å². The number of benzene rings is 1. The van der Waals surface area contributed by atoms with Crippen molar-refractivity contribution < 1.29 is 17.6 Å². The highest BCUT2D eigenvalue weighted by Crippen LogP contribution is 2.34. The van der Waals surface area contributed by atoms with Gasteiger partial charge in [0.25, 0.3) is 0 Å². The van der Waals surface area contributed by atoms with Gasteiger partial charge in [-0.05, 0) is 29.5 Å². The Morgan fingerprint density at radius 1 is 1.21 bits per heavy atom.